The van der Waals surface area contributed by atoms with E-state index in [1.165, 1.54) is 81.8 Å². The molecule has 126 valence electrons. The van der Waals surface area contributed by atoms with Crippen molar-refractivity contribution in [3.8, 4) is 5.75 Å². The summed E-state index contributed by atoms with van der Waals surface area (Å²) < 4.78 is 0. The number of phenolic OH excluding ortho intramolecular Hbond substituents is 1. The number of hydrogen-bond donors (Lipinski definition) is 1. The highest BCUT2D eigenvalue weighted by atomic mass is 16.3. The fourth-order valence-corrected chi connectivity index (χ4v) is 3.15. The van der Waals surface area contributed by atoms with Gasteiger partial charge in [0.2, 0.25) is 0 Å². The Labute approximate surface area is 138 Å². The average molecular weight is 305 g/mol. The van der Waals surface area contributed by atoms with Crippen LogP contribution >= 0.6 is 0 Å². The van der Waals surface area contributed by atoms with Crippen LogP contribution in [0.2, 0.25) is 0 Å². The quantitative estimate of drug-likeness (QED) is 0.397. The predicted molar refractivity (Wildman–Crippen MR) is 97.6 cm³/mol. The maximum atomic E-state index is 10.1. The first-order chi connectivity index (χ1) is 10.8. The lowest BCUT2D eigenvalue weighted by molar-refractivity contribution is 0.464. The van der Waals surface area contributed by atoms with Crippen molar-refractivity contribution in [1.29, 1.82) is 0 Å². The summed E-state index contributed by atoms with van der Waals surface area (Å²) in [6.45, 7) is 4.51. The number of rotatable bonds is 13. The van der Waals surface area contributed by atoms with E-state index in [1.807, 2.05) is 12.1 Å². The molecule has 0 saturated heterocycles. The van der Waals surface area contributed by atoms with E-state index in [1.54, 1.807) is 0 Å². The summed E-state index contributed by atoms with van der Waals surface area (Å²) in [4.78, 5) is 0. The standard InChI is InChI=1S/C21H36O/c1-3-5-7-8-9-10-11-13-17-20-19(15-12-6-4-2)16-14-18-21(20)22/h14,16,18,22H,3-13,15,17H2,1-2H3. The van der Waals surface area contributed by atoms with Gasteiger partial charge in [-0.05, 0) is 42.9 Å². The molecule has 1 aromatic carbocycles. The molecule has 0 heterocycles. The smallest absolute Gasteiger partial charge is 0.119 e. The molecule has 22 heavy (non-hydrogen) atoms. The van der Waals surface area contributed by atoms with E-state index >= 15 is 0 Å². The van der Waals surface area contributed by atoms with Crippen molar-refractivity contribution in [3.63, 3.8) is 0 Å². The van der Waals surface area contributed by atoms with Crippen LogP contribution in [0.3, 0.4) is 0 Å². The van der Waals surface area contributed by atoms with Crippen LogP contribution in [0.25, 0.3) is 0 Å². The highest BCUT2D eigenvalue weighted by molar-refractivity contribution is 5.39. The summed E-state index contributed by atoms with van der Waals surface area (Å²) in [5.74, 6) is 0.511. The molecule has 0 aliphatic rings. The van der Waals surface area contributed by atoms with Gasteiger partial charge in [0.15, 0.2) is 0 Å². The Balaban J connectivity index is 2.28. The van der Waals surface area contributed by atoms with Gasteiger partial charge in [0, 0.05) is 0 Å². The zero-order chi connectivity index (χ0) is 16.0. The van der Waals surface area contributed by atoms with Gasteiger partial charge in [0.25, 0.3) is 0 Å². The minimum absolute atomic E-state index is 0.511. The Morgan fingerprint density at radius 2 is 1.23 bits per heavy atom. The summed E-state index contributed by atoms with van der Waals surface area (Å²) in [6.07, 6.45) is 16.7. The SMILES string of the molecule is CCCCCCCCCCc1c(O)cccc1CCCCC. The summed E-state index contributed by atoms with van der Waals surface area (Å²) in [5.41, 5.74) is 2.58. The van der Waals surface area contributed by atoms with Crippen molar-refractivity contribution >= 4 is 0 Å². The molecular formula is C21H36O. The molecule has 0 aromatic heterocycles. The third kappa shape index (κ3) is 7.87. The molecule has 0 bridgehead atoms. The number of aryl methyl sites for hydroxylation is 1. The summed E-state index contributed by atoms with van der Waals surface area (Å²) in [5, 5.41) is 10.1. The summed E-state index contributed by atoms with van der Waals surface area (Å²) >= 11 is 0. The molecule has 1 aromatic rings. The minimum Gasteiger partial charge on any atom is -0.508 e. The molecule has 1 rings (SSSR count). The largest absolute Gasteiger partial charge is 0.508 e. The molecule has 0 unspecified atom stereocenters. The maximum Gasteiger partial charge on any atom is 0.119 e. The van der Waals surface area contributed by atoms with Crippen LogP contribution in [0.4, 0.5) is 0 Å². The van der Waals surface area contributed by atoms with Crippen LogP contribution in [0.1, 0.15) is 95.6 Å². The number of aromatic hydroxyl groups is 1. The topological polar surface area (TPSA) is 20.2 Å². The molecule has 0 fully saturated rings. The van der Waals surface area contributed by atoms with Gasteiger partial charge in [-0.15, -0.1) is 0 Å². The molecule has 0 radical (unpaired) electrons. The molecule has 0 aliphatic carbocycles. The average Bonchev–Trinajstić information content (AvgIpc) is 2.52. The van der Waals surface area contributed by atoms with Crippen LogP contribution < -0.4 is 0 Å². The van der Waals surface area contributed by atoms with Gasteiger partial charge < -0.3 is 5.11 Å². The first kappa shape index (κ1) is 19.1. The molecule has 1 nitrogen and oxygen atoms in total. The van der Waals surface area contributed by atoms with Crippen molar-refractivity contribution in [2.24, 2.45) is 0 Å². The van der Waals surface area contributed by atoms with Gasteiger partial charge in [-0.1, -0.05) is 83.8 Å². The van der Waals surface area contributed by atoms with Crippen LogP contribution in [0, 0.1) is 0 Å². The van der Waals surface area contributed by atoms with Gasteiger partial charge in [-0.2, -0.15) is 0 Å². The normalized spacial score (nSPS) is 11.0. The molecular weight excluding hydrogens is 268 g/mol. The highest BCUT2D eigenvalue weighted by Crippen LogP contribution is 2.25. The van der Waals surface area contributed by atoms with E-state index in [9.17, 15) is 5.11 Å². The Morgan fingerprint density at radius 1 is 0.682 bits per heavy atom. The lowest BCUT2D eigenvalue weighted by Gasteiger charge is -2.11. The van der Waals surface area contributed by atoms with Crippen molar-refractivity contribution in [2.75, 3.05) is 0 Å². The molecule has 1 heteroatoms. The Hall–Kier alpha value is -0.980. The van der Waals surface area contributed by atoms with Crippen molar-refractivity contribution in [3.05, 3.63) is 29.3 Å². The van der Waals surface area contributed by atoms with Crippen LogP contribution in [0.15, 0.2) is 18.2 Å². The number of unbranched alkanes of at least 4 members (excludes halogenated alkanes) is 9. The van der Waals surface area contributed by atoms with Gasteiger partial charge in [-0.3, -0.25) is 0 Å². The van der Waals surface area contributed by atoms with Crippen molar-refractivity contribution in [2.45, 2.75) is 97.3 Å². The molecule has 0 saturated carbocycles. The molecule has 0 amide bonds. The first-order valence-corrected chi connectivity index (χ1v) is 9.59. The van der Waals surface area contributed by atoms with E-state index in [-0.39, 0.29) is 0 Å². The summed E-state index contributed by atoms with van der Waals surface area (Å²) in [6, 6.07) is 6.05. The third-order valence-corrected chi connectivity index (χ3v) is 4.58. The second kappa shape index (κ2) is 12.6. The van der Waals surface area contributed by atoms with Gasteiger partial charge in [-0.25, -0.2) is 0 Å². The van der Waals surface area contributed by atoms with Crippen molar-refractivity contribution in [1.82, 2.24) is 0 Å². The lowest BCUT2D eigenvalue weighted by atomic mass is 9.96. The molecule has 0 aliphatic heterocycles. The van der Waals surface area contributed by atoms with Gasteiger partial charge >= 0.3 is 0 Å². The van der Waals surface area contributed by atoms with Crippen LogP contribution in [-0.4, -0.2) is 5.11 Å². The monoisotopic (exact) mass is 304 g/mol. The van der Waals surface area contributed by atoms with E-state index < -0.39 is 0 Å². The summed E-state index contributed by atoms with van der Waals surface area (Å²) in [7, 11) is 0. The molecule has 1 N–H and O–H groups in total. The van der Waals surface area contributed by atoms with Crippen molar-refractivity contribution < 1.29 is 5.11 Å². The molecule has 0 spiro atoms. The fourth-order valence-electron chi connectivity index (χ4n) is 3.15. The lowest BCUT2D eigenvalue weighted by Crippen LogP contribution is -1.96. The van der Waals surface area contributed by atoms with Gasteiger partial charge in [0.1, 0.15) is 5.75 Å². The fraction of sp³-hybridized carbons (Fsp3) is 0.714. The highest BCUT2D eigenvalue weighted by Gasteiger charge is 2.07. The van der Waals surface area contributed by atoms with Crippen LogP contribution in [-0.2, 0) is 12.8 Å². The second-order valence-electron chi connectivity index (χ2n) is 6.60. The Morgan fingerprint density at radius 3 is 1.91 bits per heavy atom. The zero-order valence-corrected chi connectivity index (χ0v) is 14.9. The first-order valence-electron chi connectivity index (χ1n) is 9.59. The van der Waals surface area contributed by atoms with E-state index in [0.717, 1.165) is 12.8 Å². The molecule has 0 atom stereocenters. The maximum absolute atomic E-state index is 10.1. The zero-order valence-electron chi connectivity index (χ0n) is 14.9. The Kier molecular flexibility index (Phi) is 10.9. The van der Waals surface area contributed by atoms with Crippen LogP contribution in [0.5, 0.6) is 5.75 Å². The third-order valence-electron chi connectivity index (χ3n) is 4.58. The van der Waals surface area contributed by atoms with E-state index in [0.29, 0.717) is 5.75 Å². The second-order valence-corrected chi connectivity index (χ2v) is 6.60. The number of benzene rings is 1. The number of hydrogen-bond acceptors (Lipinski definition) is 1. The predicted octanol–water partition coefficient (Wildman–Crippen LogP) is 6.81. The minimum atomic E-state index is 0.511. The van der Waals surface area contributed by atoms with E-state index in [4.69, 9.17) is 0 Å². The number of phenols is 1. The van der Waals surface area contributed by atoms with Gasteiger partial charge in [0.05, 0.1) is 0 Å². The Bertz CT molecular complexity index is 383. The van der Waals surface area contributed by atoms with E-state index in [2.05, 4.69) is 19.9 Å².